The number of hydrogen-bond donors (Lipinski definition) is 2. The second-order valence-corrected chi connectivity index (χ2v) is 5.29. The summed E-state index contributed by atoms with van der Waals surface area (Å²) < 4.78 is 4.82. The van der Waals surface area contributed by atoms with Crippen LogP contribution in [0.1, 0.15) is 24.8 Å². The highest BCUT2D eigenvalue weighted by atomic mass is 16.5. The molecule has 2 N–H and O–H groups in total. The van der Waals surface area contributed by atoms with E-state index in [0.717, 1.165) is 18.4 Å². The Bertz CT molecular complexity index is 662. The SMILES string of the molecule is O=C(CCCc1c[nH]c2ccccc12)N[C@@H]1CCOC1=O. The fraction of sp³-hybridized carbons (Fsp3) is 0.375. The first kappa shape index (κ1) is 13.7. The predicted molar refractivity (Wildman–Crippen MR) is 78.7 cm³/mol. The molecule has 1 aromatic carbocycles. The van der Waals surface area contributed by atoms with Crippen molar-refractivity contribution < 1.29 is 14.3 Å². The lowest BCUT2D eigenvalue weighted by atomic mass is 10.1. The standard InChI is InChI=1S/C16H18N2O3/c19-15(18-14-8-9-21-16(14)20)7-3-4-11-10-17-13-6-2-1-5-12(11)13/h1-2,5-6,10,14,17H,3-4,7-9H2,(H,18,19)/t14-/m1/s1. The van der Waals surface area contributed by atoms with Crippen LogP contribution in [0, 0.1) is 0 Å². The third-order valence-electron chi connectivity index (χ3n) is 3.80. The summed E-state index contributed by atoms with van der Waals surface area (Å²) in [6.07, 6.45) is 4.59. The minimum absolute atomic E-state index is 0.0845. The van der Waals surface area contributed by atoms with Crippen molar-refractivity contribution in [3.8, 4) is 0 Å². The molecule has 21 heavy (non-hydrogen) atoms. The van der Waals surface area contributed by atoms with Gasteiger partial charge in [0.15, 0.2) is 0 Å². The van der Waals surface area contributed by atoms with Gasteiger partial charge in [-0.05, 0) is 24.5 Å². The first-order chi connectivity index (χ1) is 10.2. The molecule has 2 heterocycles. The lowest BCUT2D eigenvalue weighted by molar-refractivity contribution is -0.141. The highest BCUT2D eigenvalue weighted by Crippen LogP contribution is 2.19. The Balaban J connectivity index is 1.49. The summed E-state index contributed by atoms with van der Waals surface area (Å²) in [7, 11) is 0. The third-order valence-corrected chi connectivity index (χ3v) is 3.80. The summed E-state index contributed by atoms with van der Waals surface area (Å²) in [4.78, 5) is 26.3. The number of aryl methyl sites for hydroxylation is 1. The molecule has 2 aromatic rings. The molecular formula is C16H18N2O3. The van der Waals surface area contributed by atoms with E-state index in [1.807, 2.05) is 24.4 Å². The lowest BCUT2D eigenvalue weighted by Gasteiger charge is -2.08. The van der Waals surface area contributed by atoms with E-state index in [-0.39, 0.29) is 11.9 Å². The Morgan fingerprint density at radius 3 is 3.05 bits per heavy atom. The Morgan fingerprint density at radius 1 is 1.38 bits per heavy atom. The van der Waals surface area contributed by atoms with Crippen molar-refractivity contribution in [3.05, 3.63) is 36.0 Å². The Kier molecular flexibility index (Phi) is 3.90. The highest BCUT2D eigenvalue weighted by Gasteiger charge is 2.27. The van der Waals surface area contributed by atoms with Crippen LogP contribution in [-0.4, -0.2) is 29.5 Å². The third kappa shape index (κ3) is 3.07. The van der Waals surface area contributed by atoms with Crippen molar-refractivity contribution in [2.45, 2.75) is 31.7 Å². The zero-order chi connectivity index (χ0) is 14.7. The number of esters is 1. The number of ether oxygens (including phenoxy) is 1. The maximum Gasteiger partial charge on any atom is 0.328 e. The fourth-order valence-electron chi connectivity index (χ4n) is 2.67. The molecule has 5 nitrogen and oxygen atoms in total. The number of cyclic esters (lactones) is 1. The number of hydrogen-bond acceptors (Lipinski definition) is 3. The number of nitrogens with one attached hydrogen (secondary N) is 2. The van der Waals surface area contributed by atoms with Gasteiger partial charge in [0, 0.05) is 29.9 Å². The van der Waals surface area contributed by atoms with Gasteiger partial charge in [-0.25, -0.2) is 4.79 Å². The van der Waals surface area contributed by atoms with E-state index < -0.39 is 6.04 Å². The quantitative estimate of drug-likeness (QED) is 0.825. The predicted octanol–water partition coefficient (Wildman–Crippen LogP) is 1.92. The molecule has 3 rings (SSSR count). The number of fused-ring (bicyclic) bond motifs is 1. The van der Waals surface area contributed by atoms with Gasteiger partial charge in [-0.1, -0.05) is 18.2 Å². The first-order valence-electron chi connectivity index (χ1n) is 7.25. The molecule has 0 spiro atoms. The maximum atomic E-state index is 11.8. The molecule has 1 atom stereocenters. The van der Waals surface area contributed by atoms with Crippen LogP contribution in [0.15, 0.2) is 30.5 Å². The van der Waals surface area contributed by atoms with E-state index >= 15 is 0 Å². The number of carbonyl (C=O) groups excluding carboxylic acids is 2. The van der Waals surface area contributed by atoms with Crippen LogP contribution in [0.4, 0.5) is 0 Å². The zero-order valence-electron chi connectivity index (χ0n) is 11.7. The lowest BCUT2D eigenvalue weighted by Crippen LogP contribution is -2.37. The first-order valence-corrected chi connectivity index (χ1v) is 7.25. The van der Waals surface area contributed by atoms with E-state index in [9.17, 15) is 9.59 Å². The molecule has 110 valence electrons. The number of aromatic nitrogens is 1. The summed E-state index contributed by atoms with van der Waals surface area (Å²) in [5, 5.41) is 3.93. The fourth-order valence-corrected chi connectivity index (χ4v) is 2.67. The number of rotatable bonds is 5. The van der Waals surface area contributed by atoms with Crippen LogP contribution in [0.5, 0.6) is 0 Å². The van der Waals surface area contributed by atoms with Crippen molar-refractivity contribution >= 4 is 22.8 Å². The van der Waals surface area contributed by atoms with Crippen LogP contribution in [-0.2, 0) is 20.7 Å². The van der Waals surface area contributed by atoms with Crippen LogP contribution in [0.25, 0.3) is 10.9 Å². The molecule has 1 aliphatic rings. The van der Waals surface area contributed by atoms with Gasteiger partial charge in [-0.15, -0.1) is 0 Å². The molecule has 0 unspecified atom stereocenters. The van der Waals surface area contributed by atoms with E-state index in [4.69, 9.17) is 4.74 Å². The van der Waals surface area contributed by atoms with Gasteiger partial charge >= 0.3 is 5.97 Å². The molecule has 1 aromatic heterocycles. The highest BCUT2D eigenvalue weighted by molar-refractivity contribution is 5.85. The van der Waals surface area contributed by atoms with Crippen molar-refractivity contribution in [3.63, 3.8) is 0 Å². The van der Waals surface area contributed by atoms with E-state index in [1.54, 1.807) is 0 Å². The van der Waals surface area contributed by atoms with Gasteiger partial charge in [0.1, 0.15) is 6.04 Å². The van der Waals surface area contributed by atoms with Gasteiger partial charge in [0.2, 0.25) is 5.91 Å². The number of aromatic amines is 1. The van der Waals surface area contributed by atoms with Crippen LogP contribution >= 0.6 is 0 Å². The summed E-state index contributed by atoms with van der Waals surface area (Å²) in [5.41, 5.74) is 2.34. The molecule has 0 bridgehead atoms. The largest absolute Gasteiger partial charge is 0.464 e. The van der Waals surface area contributed by atoms with Gasteiger partial charge in [-0.3, -0.25) is 4.79 Å². The van der Waals surface area contributed by atoms with Crippen LogP contribution < -0.4 is 5.32 Å². The van der Waals surface area contributed by atoms with Gasteiger partial charge < -0.3 is 15.0 Å². The molecular weight excluding hydrogens is 268 g/mol. The van der Waals surface area contributed by atoms with Crippen LogP contribution in [0.2, 0.25) is 0 Å². The summed E-state index contributed by atoms with van der Waals surface area (Å²) in [5.74, 6) is -0.404. The summed E-state index contributed by atoms with van der Waals surface area (Å²) in [6, 6.07) is 7.67. The van der Waals surface area contributed by atoms with Crippen molar-refractivity contribution in [2.75, 3.05) is 6.61 Å². The Hall–Kier alpha value is -2.30. The number of H-pyrrole nitrogens is 1. The second kappa shape index (κ2) is 5.99. The van der Waals surface area contributed by atoms with Crippen molar-refractivity contribution in [1.82, 2.24) is 10.3 Å². The molecule has 1 aliphatic heterocycles. The van der Waals surface area contributed by atoms with Gasteiger partial charge in [-0.2, -0.15) is 0 Å². The molecule has 1 saturated heterocycles. The zero-order valence-corrected chi connectivity index (χ0v) is 11.7. The molecule has 0 saturated carbocycles. The summed E-state index contributed by atoms with van der Waals surface area (Å²) in [6.45, 7) is 0.402. The number of carbonyl (C=O) groups is 2. The molecule has 0 radical (unpaired) electrons. The second-order valence-electron chi connectivity index (χ2n) is 5.29. The normalized spacial score (nSPS) is 17.9. The van der Waals surface area contributed by atoms with E-state index in [0.29, 0.717) is 19.4 Å². The van der Waals surface area contributed by atoms with Gasteiger partial charge in [0.25, 0.3) is 0 Å². The molecule has 1 amide bonds. The maximum absolute atomic E-state index is 11.8. The Labute approximate surface area is 122 Å². The minimum Gasteiger partial charge on any atom is -0.464 e. The molecule has 1 fully saturated rings. The average Bonchev–Trinajstić information content (AvgIpc) is 3.07. The van der Waals surface area contributed by atoms with Crippen LogP contribution in [0.3, 0.4) is 0 Å². The smallest absolute Gasteiger partial charge is 0.328 e. The van der Waals surface area contributed by atoms with Gasteiger partial charge in [0.05, 0.1) is 6.61 Å². The molecule has 0 aliphatic carbocycles. The topological polar surface area (TPSA) is 71.2 Å². The Morgan fingerprint density at radius 2 is 2.24 bits per heavy atom. The van der Waals surface area contributed by atoms with E-state index in [1.165, 1.54) is 10.9 Å². The number of amides is 1. The monoisotopic (exact) mass is 286 g/mol. The van der Waals surface area contributed by atoms with Crippen molar-refractivity contribution in [1.29, 1.82) is 0 Å². The molecule has 5 heteroatoms. The summed E-state index contributed by atoms with van der Waals surface area (Å²) >= 11 is 0. The number of benzene rings is 1. The average molecular weight is 286 g/mol. The van der Waals surface area contributed by atoms with Crippen molar-refractivity contribution in [2.24, 2.45) is 0 Å². The minimum atomic E-state index is -0.453. The van der Waals surface area contributed by atoms with E-state index in [2.05, 4.69) is 16.4 Å². The number of para-hydroxylation sites is 1.